The minimum absolute atomic E-state index is 0.608. The summed E-state index contributed by atoms with van der Waals surface area (Å²) in [6.45, 7) is 0. The lowest BCUT2D eigenvalue weighted by Crippen LogP contribution is -2.34. The SMILES string of the molecule is COc1ccc[n+](-c2ccccc2)n1. The molecule has 1 aromatic carbocycles. The molecule has 0 spiro atoms. The van der Waals surface area contributed by atoms with Crippen LogP contribution < -0.4 is 9.42 Å². The van der Waals surface area contributed by atoms with Crippen LogP contribution >= 0.6 is 0 Å². The van der Waals surface area contributed by atoms with Gasteiger partial charge >= 0.3 is 0 Å². The average Bonchev–Trinajstić information content (AvgIpc) is 2.30. The van der Waals surface area contributed by atoms with Crippen molar-refractivity contribution in [1.82, 2.24) is 5.10 Å². The Hall–Kier alpha value is -1.90. The predicted octanol–water partition coefficient (Wildman–Crippen LogP) is 1.37. The first-order valence-electron chi connectivity index (χ1n) is 4.38. The fourth-order valence-electron chi connectivity index (χ4n) is 1.21. The molecule has 2 aromatic rings. The van der Waals surface area contributed by atoms with Crippen LogP contribution in [-0.2, 0) is 0 Å². The molecular formula is C11H11N2O+. The molecule has 70 valence electrons. The predicted molar refractivity (Wildman–Crippen MR) is 52.3 cm³/mol. The van der Waals surface area contributed by atoms with E-state index < -0.39 is 0 Å². The summed E-state index contributed by atoms with van der Waals surface area (Å²) in [7, 11) is 1.61. The number of benzene rings is 1. The maximum atomic E-state index is 5.04. The lowest BCUT2D eigenvalue weighted by molar-refractivity contribution is -0.660. The van der Waals surface area contributed by atoms with E-state index in [4.69, 9.17) is 4.74 Å². The first kappa shape index (κ1) is 8.69. The smallest absolute Gasteiger partial charge is 0.279 e. The molecule has 0 unspecified atom stereocenters. The van der Waals surface area contributed by atoms with E-state index in [-0.39, 0.29) is 0 Å². The van der Waals surface area contributed by atoms with Gasteiger partial charge in [0.25, 0.3) is 5.88 Å². The Morgan fingerprint density at radius 2 is 1.86 bits per heavy atom. The normalized spacial score (nSPS) is 9.79. The molecule has 0 atom stereocenters. The summed E-state index contributed by atoms with van der Waals surface area (Å²) in [5.74, 6) is 0.608. The first-order valence-corrected chi connectivity index (χ1v) is 4.38. The Morgan fingerprint density at radius 1 is 1.07 bits per heavy atom. The minimum atomic E-state index is 0.608. The van der Waals surface area contributed by atoms with Gasteiger partial charge in [-0.3, -0.25) is 0 Å². The third kappa shape index (κ3) is 1.71. The third-order valence-corrected chi connectivity index (χ3v) is 1.90. The molecular weight excluding hydrogens is 176 g/mol. The van der Waals surface area contributed by atoms with Crippen molar-refractivity contribution in [1.29, 1.82) is 0 Å². The van der Waals surface area contributed by atoms with Gasteiger partial charge in [-0.25, -0.2) is 0 Å². The molecule has 0 fully saturated rings. The van der Waals surface area contributed by atoms with Crippen molar-refractivity contribution in [3.05, 3.63) is 48.7 Å². The van der Waals surface area contributed by atoms with E-state index in [1.807, 2.05) is 48.7 Å². The van der Waals surface area contributed by atoms with E-state index in [1.165, 1.54) is 0 Å². The molecule has 0 N–H and O–H groups in total. The molecule has 0 aliphatic rings. The van der Waals surface area contributed by atoms with Crippen molar-refractivity contribution in [2.45, 2.75) is 0 Å². The summed E-state index contributed by atoms with van der Waals surface area (Å²) in [5.41, 5.74) is 1.02. The number of rotatable bonds is 2. The minimum Gasteiger partial charge on any atom is -0.477 e. The van der Waals surface area contributed by atoms with Gasteiger partial charge in [0, 0.05) is 29.4 Å². The van der Waals surface area contributed by atoms with Crippen molar-refractivity contribution in [3.8, 4) is 11.6 Å². The zero-order chi connectivity index (χ0) is 9.80. The topological polar surface area (TPSA) is 26.0 Å². The Bertz CT molecular complexity index is 415. The molecule has 0 saturated heterocycles. The third-order valence-electron chi connectivity index (χ3n) is 1.90. The summed E-state index contributed by atoms with van der Waals surface area (Å²) in [4.78, 5) is 0. The monoisotopic (exact) mass is 187 g/mol. The zero-order valence-corrected chi connectivity index (χ0v) is 7.92. The number of para-hydroxylation sites is 1. The Kier molecular flexibility index (Phi) is 2.40. The van der Waals surface area contributed by atoms with Gasteiger partial charge in [0.2, 0.25) is 11.9 Å². The van der Waals surface area contributed by atoms with Gasteiger partial charge in [-0.1, -0.05) is 18.2 Å². The van der Waals surface area contributed by atoms with E-state index in [0.29, 0.717) is 5.88 Å². The maximum Gasteiger partial charge on any atom is 0.279 e. The van der Waals surface area contributed by atoms with Crippen molar-refractivity contribution in [2.75, 3.05) is 7.11 Å². The summed E-state index contributed by atoms with van der Waals surface area (Å²) < 4.78 is 6.82. The van der Waals surface area contributed by atoms with E-state index in [9.17, 15) is 0 Å². The Balaban J connectivity index is 2.42. The average molecular weight is 187 g/mol. The van der Waals surface area contributed by atoms with Gasteiger partial charge < -0.3 is 4.74 Å². The molecule has 1 aromatic heterocycles. The Labute approximate surface area is 82.6 Å². The number of aromatic nitrogens is 2. The number of hydrogen-bond acceptors (Lipinski definition) is 2. The molecule has 0 amide bonds. The number of ether oxygens (including phenoxy) is 1. The van der Waals surface area contributed by atoms with Crippen molar-refractivity contribution >= 4 is 0 Å². The second-order valence-electron chi connectivity index (χ2n) is 2.83. The van der Waals surface area contributed by atoms with Crippen LogP contribution in [0.4, 0.5) is 0 Å². The first-order chi connectivity index (χ1) is 6.90. The van der Waals surface area contributed by atoms with Crippen molar-refractivity contribution in [3.63, 3.8) is 0 Å². The van der Waals surface area contributed by atoms with Crippen molar-refractivity contribution < 1.29 is 9.42 Å². The van der Waals surface area contributed by atoms with Gasteiger partial charge in [0.15, 0.2) is 0 Å². The standard InChI is InChI=1S/C11H11N2O/c1-14-11-8-5-9-13(12-11)10-6-3-2-4-7-10/h2-9H,1H3/q+1. The highest BCUT2D eigenvalue weighted by atomic mass is 16.5. The number of nitrogens with zero attached hydrogens (tertiary/aromatic N) is 2. The molecule has 2 rings (SSSR count). The van der Waals surface area contributed by atoms with Crippen LogP contribution in [0, 0.1) is 0 Å². The lowest BCUT2D eigenvalue weighted by atomic mass is 10.3. The molecule has 0 radical (unpaired) electrons. The highest BCUT2D eigenvalue weighted by Crippen LogP contribution is 2.01. The second kappa shape index (κ2) is 3.87. The van der Waals surface area contributed by atoms with Crippen LogP contribution in [0.15, 0.2) is 48.7 Å². The van der Waals surface area contributed by atoms with E-state index in [1.54, 1.807) is 11.8 Å². The molecule has 3 nitrogen and oxygen atoms in total. The number of hydrogen-bond donors (Lipinski definition) is 0. The van der Waals surface area contributed by atoms with Crippen LogP contribution in [0.25, 0.3) is 5.69 Å². The molecule has 1 heterocycles. The zero-order valence-electron chi connectivity index (χ0n) is 7.92. The summed E-state index contributed by atoms with van der Waals surface area (Å²) in [6.07, 6.45) is 1.89. The lowest BCUT2D eigenvalue weighted by Gasteiger charge is -1.95. The molecule has 0 saturated carbocycles. The summed E-state index contributed by atoms with van der Waals surface area (Å²) in [5, 5.41) is 4.26. The highest BCUT2D eigenvalue weighted by molar-refractivity contribution is 5.21. The second-order valence-corrected chi connectivity index (χ2v) is 2.83. The number of methoxy groups -OCH3 is 1. The largest absolute Gasteiger partial charge is 0.477 e. The van der Waals surface area contributed by atoms with Gasteiger partial charge in [0.1, 0.15) is 0 Å². The van der Waals surface area contributed by atoms with Crippen LogP contribution in [0.1, 0.15) is 0 Å². The highest BCUT2D eigenvalue weighted by Gasteiger charge is 2.07. The fourth-order valence-corrected chi connectivity index (χ4v) is 1.21. The van der Waals surface area contributed by atoms with E-state index in [2.05, 4.69) is 5.10 Å². The maximum absolute atomic E-state index is 5.04. The van der Waals surface area contributed by atoms with Crippen LogP contribution in [-0.4, -0.2) is 12.2 Å². The molecule has 0 aliphatic heterocycles. The Morgan fingerprint density at radius 3 is 2.57 bits per heavy atom. The summed E-state index contributed by atoms with van der Waals surface area (Å²) >= 11 is 0. The fraction of sp³-hybridized carbons (Fsp3) is 0.0909. The van der Waals surface area contributed by atoms with Crippen LogP contribution in [0.3, 0.4) is 0 Å². The molecule has 0 bridgehead atoms. The van der Waals surface area contributed by atoms with E-state index >= 15 is 0 Å². The van der Waals surface area contributed by atoms with Crippen LogP contribution in [0.5, 0.6) is 5.88 Å². The molecule has 14 heavy (non-hydrogen) atoms. The van der Waals surface area contributed by atoms with E-state index in [0.717, 1.165) is 5.69 Å². The van der Waals surface area contributed by atoms with Gasteiger partial charge in [-0.05, 0) is 4.68 Å². The van der Waals surface area contributed by atoms with Crippen LogP contribution in [0.2, 0.25) is 0 Å². The van der Waals surface area contributed by atoms with Gasteiger partial charge in [-0.2, -0.15) is 0 Å². The molecule has 0 aliphatic carbocycles. The van der Waals surface area contributed by atoms with Gasteiger partial charge in [-0.15, -0.1) is 0 Å². The summed E-state index contributed by atoms with van der Waals surface area (Å²) in [6, 6.07) is 13.6. The van der Waals surface area contributed by atoms with Crippen molar-refractivity contribution in [2.24, 2.45) is 0 Å². The quantitative estimate of drug-likeness (QED) is 0.663. The van der Waals surface area contributed by atoms with Gasteiger partial charge in [0.05, 0.1) is 7.11 Å². The molecule has 3 heteroatoms.